The highest BCUT2D eigenvalue weighted by molar-refractivity contribution is 6.34. The number of anilines is 1. The molecule has 0 saturated heterocycles. The topological polar surface area (TPSA) is 111 Å². The first kappa shape index (κ1) is 25.6. The second-order valence-corrected chi connectivity index (χ2v) is 9.17. The van der Waals surface area contributed by atoms with Crippen LogP contribution in [0.4, 0.5) is 14.5 Å². The molecule has 0 unspecified atom stereocenters. The van der Waals surface area contributed by atoms with Crippen molar-refractivity contribution in [1.82, 2.24) is 14.9 Å². The maximum Gasteiger partial charge on any atom is 0.291 e. The van der Waals surface area contributed by atoms with Crippen LogP contribution < -0.4 is 21.1 Å². The average molecular weight is 518 g/mol. The maximum atomic E-state index is 14.5. The van der Waals surface area contributed by atoms with E-state index in [-0.39, 0.29) is 33.8 Å². The van der Waals surface area contributed by atoms with Gasteiger partial charge in [-0.2, -0.15) is 4.39 Å². The van der Waals surface area contributed by atoms with Crippen molar-refractivity contribution < 1.29 is 23.1 Å². The molecule has 4 N–H and O–H groups in total. The Morgan fingerprint density at radius 2 is 1.92 bits per heavy atom. The number of carbonyl (C=O) groups is 2. The van der Waals surface area contributed by atoms with E-state index in [2.05, 4.69) is 15.6 Å². The van der Waals surface area contributed by atoms with Crippen molar-refractivity contribution in [2.75, 3.05) is 25.5 Å². The second kappa shape index (κ2) is 10.6. The summed E-state index contributed by atoms with van der Waals surface area (Å²) < 4.78 is 34.8. The molecule has 0 spiro atoms. The van der Waals surface area contributed by atoms with Gasteiger partial charge < -0.3 is 25.7 Å². The summed E-state index contributed by atoms with van der Waals surface area (Å²) in [6.07, 6.45) is 3.28. The van der Waals surface area contributed by atoms with Gasteiger partial charge in [0.25, 0.3) is 11.8 Å². The lowest BCUT2D eigenvalue weighted by Crippen LogP contribution is -2.38. The minimum Gasteiger partial charge on any atom is -0.494 e. The summed E-state index contributed by atoms with van der Waals surface area (Å²) >= 11 is 6.30. The van der Waals surface area contributed by atoms with E-state index in [4.69, 9.17) is 22.1 Å². The average Bonchev–Trinajstić information content (AvgIpc) is 3.21. The molecule has 0 radical (unpaired) electrons. The maximum absolute atomic E-state index is 14.5. The van der Waals surface area contributed by atoms with Crippen LogP contribution >= 0.6 is 11.6 Å². The van der Waals surface area contributed by atoms with Crippen LogP contribution in [-0.4, -0.2) is 41.6 Å². The van der Waals surface area contributed by atoms with Crippen molar-refractivity contribution in [1.29, 1.82) is 0 Å². The van der Waals surface area contributed by atoms with E-state index in [0.717, 1.165) is 12.8 Å². The smallest absolute Gasteiger partial charge is 0.291 e. The standard InChI is InChI=1S/C25H26ClF2N5O3/c1-33-19(17-5-6-20(36-2)22(28)21(17)27)12-30-23(33)25(35)32-15-3-4-16(18(26)9-15)24(34)31-11-14-7-13(8-14)10-29/h3-6,9,12-14H,7-8,10-11,29H2,1-2H3,(H,31,34)(H,32,35). The first-order valence-corrected chi connectivity index (χ1v) is 11.7. The quantitative estimate of drug-likeness (QED) is 0.418. The van der Waals surface area contributed by atoms with Crippen LogP contribution in [0, 0.1) is 23.5 Å². The number of benzene rings is 2. The number of nitrogens with two attached hydrogens (primary N) is 1. The van der Waals surface area contributed by atoms with Gasteiger partial charge in [0.15, 0.2) is 17.4 Å². The van der Waals surface area contributed by atoms with Crippen molar-refractivity contribution in [2.45, 2.75) is 12.8 Å². The SMILES string of the molecule is COc1ccc(-c2cnc(C(=O)Nc3ccc(C(=O)NCC4CC(CN)C4)c(Cl)c3)n2C)c(F)c1F. The molecule has 36 heavy (non-hydrogen) atoms. The number of imidazole rings is 1. The van der Waals surface area contributed by atoms with Crippen LogP contribution in [0.3, 0.4) is 0 Å². The van der Waals surface area contributed by atoms with Gasteiger partial charge in [-0.15, -0.1) is 0 Å². The zero-order chi connectivity index (χ0) is 26.0. The fraction of sp³-hybridized carbons (Fsp3) is 0.320. The molecule has 2 aromatic carbocycles. The molecule has 1 fully saturated rings. The Kier molecular flexibility index (Phi) is 7.56. The highest BCUT2D eigenvalue weighted by Gasteiger charge is 2.28. The summed E-state index contributed by atoms with van der Waals surface area (Å²) in [6.45, 7) is 1.23. The Morgan fingerprint density at radius 3 is 2.58 bits per heavy atom. The normalized spacial score (nSPS) is 16.8. The molecule has 1 aliphatic rings. The minimum atomic E-state index is -1.13. The van der Waals surface area contributed by atoms with Crippen LogP contribution in [0.25, 0.3) is 11.3 Å². The van der Waals surface area contributed by atoms with Gasteiger partial charge in [-0.3, -0.25) is 9.59 Å². The fourth-order valence-corrected chi connectivity index (χ4v) is 4.55. The Labute approximate surface area is 211 Å². The monoisotopic (exact) mass is 517 g/mol. The highest BCUT2D eigenvalue weighted by Crippen LogP contribution is 2.32. The molecule has 3 aromatic rings. The Bertz CT molecular complexity index is 1310. The summed E-state index contributed by atoms with van der Waals surface area (Å²) in [5, 5.41) is 5.72. The van der Waals surface area contributed by atoms with Crippen LogP contribution in [0.15, 0.2) is 36.5 Å². The first-order chi connectivity index (χ1) is 17.2. The molecular formula is C25H26ClF2N5O3. The van der Waals surface area contributed by atoms with Crippen LogP contribution in [0.2, 0.25) is 5.02 Å². The van der Waals surface area contributed by atoms with Gasteiger partial charge in [-0.1, -0.05) is 11.6 Å². The first-order valence-electron chi connectivity index (χ1n) is 11.4. The third kappa shape index (κ3) is 5.05. The number of nitrogens with zero attached hydrogens (tertiary/aromatic N) is 2. The summed E-state index contributed by atoms with van der Waals surface area (Å²) in [5.74, 6) is -2.43. The molecule has 0 bridgehead atoms. The summed E-state index contributed by atoms with van der Waals surface area (Å²) in [6, 6.07) is 7.18. The van der Waals surface area contributed by atoms with Gasteiger partial charge in [0.05, 0.1) is 29.6 Å². The molecule has 1 heterocycles. The molecule has 11 heteroatoms. The number of hydrogen-bond donors (Lipinski definition) is 3. The van der Waals surface area contributed by atoms with Gasteiger partial charge in [0, 0.05) is 24.8 Å². The largest absolute Gasteiger partial charge is 0.494 e. The van der Waals surface area contributed by atoms with Crippen molar-refractivity contribution >= 4 is 29.1 Å². The zero-order valence-corrected chi connectivity index (χ0v) is 20.5. The van der Waals surface area contributed by atoms with E-state index >= 15 is 0 Å². The number of hydrogen-bond acceptors (Lipinski definition) is 5. The van der Waals surface area contributed by atoms with E-state index in [1.807, 2.05) is 0 Å². The van der Waals surface area contributed by atoms with Gasteiger partial charge in [-0.05, 0) is 61.6 Å². The van der Waals surface area contributed by atoms with E-state index in [1.165, 1.54) is 49.2 Å². The molecule has 0 atom stereocenters. The molecule has 0 aliphatic heterocycles. The van der Waals surface area contributed by atoms with Crippen LogP contribution in [-0.2, 0) is 7.05 Å². The van der Waals surface area contributed by atoms with Crippen LogP contribution in [0.5, 0.6) is 5.75 Å². The van der Waals surface area contributed by atoms with Crippen molar-refractivity contribution in [3.8, 4) is 17.0 Å². The van der Waals surface area contributed by atoms with Crippen LogP contribution in [0.1, 0.15) is 33.8 Å². The molecule has 1 aliphatic carbocycles. The number of methoxy groups -OCH3 is 1. The summed E-state index contributed by atoms with van der Waals surface area (Å²) in [4.78, 5) is 29.4. The van der Waals surface area contributed by atoms with Gasteiger partial charge >= 0.3 is 0 Å². The number of ether oxygens (including phenoxy) is 1. The summed E-state index contributed by atoms with van der Waals surface area (Å²) in [5.41, 5.74) is 6.40. The minimum absolute atomic E-state index is 0.0325. The van der Waals surface area contributed by atoms with E-state index < -0.39 is 17.5 Å². The van der Waals surface area contributed by atoms with Gasteiger partial charge in [0.1, 0.15) is 0 Å². The van der Waals surface area contributed by atoms with Gasteiger partial charge in [-0.25, -0.2) is 9.37 Å². The fourth-order valence-electron chi connectivity index (χ4n) is 4.29. The predicted octanol–water partition coefficient (Wildman–Crippen LogP) is 3.99. The number of nitrogens with one attached hydrogen (secondary N) is 2. The Hall–Kier alpha value is -3.50. The van der Waals surface area contributed by atoms with E-state index in [1.54, 1.807) is 6.07 Å². The third-order valence-corrected chi connectivity index (χ3v) is 6.74. The van der Waals surface area contributed by atoms with E-state index in [0.29, 0.717) is 36.2 Å². The number of rotatable bonds is 8. The third-order valence-electron chi connectivity index (χ3n) is 6.42. The van der Waals surface area contributed by atoms with Gasteiger partial charge in [0.2, 0.25) is 5.82 Å². The molecule has 1 saturated carbocycles. The van der Waals surface area contributed by atoms with Crippen molar-refractivity contribution in [3.05, 3.63) is 64.6 Å². The van der Waals surface area contributed by atoms with Crippen molar-refractivity contribution in [3.63, 3.8) is 0 Å². The predicted molar refractivity (Wildman–Crippen MR) is 132 cm³/mol. The number of halogens is 3. The molecule has 1 aromatic heterocycles. The molecule has 190 valence electrons. The second-order valence-electron chi connectivity index (χ2n) is 8.77. The number of amides is 2. The molecule has 8 nitrogen and oxygen atoms in total. The number of carbonyl (C=O) groups excluding carboxylic acids is 2. The Balaban J connectivity index is 1.43. The van der Waals surface area contributed by atoms with E-state index in [9.17, 15) is 18.4 Å². The summed E-state index contributed by atoms with van der Waals surface area (Å²) in [7, 11) is 2.75. The molecule has 2 amide bonds. The lowest BCUT2D eigenvalue weighted by molar-refractivity contribution is 0.0925. The molecule has 4 rings (SSSR count). The highest BCUT2D eigenvalue weighted by atomic mass is 35.5. The zero-order valence-electron chi connectivity index (χ0n) is 19.8. The molecular weight excluding hydrogens is 492 g/mol. The van der Waals surface area contributed by atoms with Crippen molar-refractivity contribution in [2.24, 2.45) is 24.6 Å². The Morgan fingerprint density at radius 1 is 1.17 bits per heavy atom. The lowest BCUT2D eigenvalue weighted by atomic mass is 9.75. The number of aromatic nitrogens is 2. The lowest BCUT2D eigenvalue weighted by Gasteiger charge is -2.34.